The average molecular weight is 350 g/mol. The number of nitrogens with zero attached hydrogens (tertiary/aromatic N) is 2. The summed E-state index contributed by atoms with van der Waals surface area (Å²) in [5, 5.41) is 9.23. The summed E-state index contributed by atoms with van der Waals surface area (Å²) in [7, 11) is 0. The number of benzene rings is 1. The third kappa shape index (κ3) is 3.43. The van der Waals surface area contributed by atoms with Crippen molar-refractivity contribution in [1.29, 1.82) is 0 Å². The Balaban J connectivity index is 1.96. The first-order valence-electron chi connectivity index (χ1n) is 7.40. The van der Waals surface area contributed by atoms with Crippen LogP contribution in [0.3, 0.4) is 0 Å². The molecule has 0 aliphatic heterocycles. The van der Waals surface area contributed by atoms with Gasteiger partial charge >= 0.3 is 5.63 Å². The van der Waals surface area contributed by atoms with Crippen LogP contribution >= 0.6 is 23.4 Å². The van der Waals surface area contributed by atoms with Crippen LogP contribution in [0.15, 0.2) is 32.6 Å². The Kier molecular flexibility index (Phi) is 4.73. The maximum atomic E-state index is 11.8. The Bertz CT molecular complexity index is 904. The molecular weight excluding hydrogens is 334 g/mol. The number of hydrogen-bond acceptors (Lipinski definition) is 5. The van der Waals surface area contributed by atoms with Crippen molar-refractivity contribution in [2.45, 2.75) is 37.6 Å². The standard InChI is InChI=1S/C16H16ClN3O2S/c1-3-9-5-13-11(7-12(9)17)10(6-15(21)22-13)8-23-16-18-14(4-2)19-20-16/h5-7H,3-4,8H2,1-2H3,(H,18,19,20). The minimum Gasteiger partial charge on any atom is -0.423 e. The first kappa shape index (κ1) is 16.1. The van der Waals surface area contributed by atoms with Gasteiger partial charge in [-0.3, -0.25) is 5.10 Å². The number of hydrogen-bond donors (Lipinski definition) is 1. The molecule has 0 saturated carbocycles. The molecule has 5 nitrogen and oxygen atoms in total. The molecule has 0 bridgehead atoms. The number of aryl methyl sites for hydroxylation is 2. The van der Waals surface area contributed by atoms with Crippen molar-refractivity contribution in [1.82, 2.24) is 15.2 Å². The lowest BCUT2D eigenvalue weighted by molar-refractivity contribution is 0.559. The number of aromatic nitrogens is 3. The van der Waals surface area contributed by atoms with Gasteiger partial charge in [-0.15, -0.1) is 5.10 Å². The number of halogens is 1. The predicted molar refractivity (Wildman–Crippen MR) is 92.2 cm³/mol. The fourth-order valence-electron chi connectivity index (χ4n) is 2.32. The van der Waals surface area contributed by atoms with Crippen LogP contribution in [0.5, 0.6) is 0 Å². The van der Waals surface area contributed by atoms with Crippen LogP contribution in [0.4, 0.5) is 0 Å². The quantitative estimate of drug-likeness (QED) is 0.557. The molecule has 3 rings (SSSR count). The molecule has 2 aromatic heterocycles. The highest BCUT2D eigenvalue weighted by Crippen LogP contribution is 2.29. The summed E-state index contributed by atoms with van der Waals surface area (Å²) in [6, 6.07) is 5.21. The lowest BCUT2D eigenvalue weighted by Crippen LogP contribution is -2.00. The summed E-state index contributed by atoms with van der Waals surface area (Å²) >= 11 is 7.77. The van der Waals surface area contributed by atoms with Gasteiger partial charge in [-0.2, -0.15) is 0 Å². The third-order valence-corrected chi connectivity index (χ3v) is 4.83. The van der Waals surface area contributed by atoms with E-state index >= 15 is 0 Å². The fraction of sp³-hybridized carbons (Fsp3) is 0.312. The predicted octanol–water partition coefficient (Wildman–Crippen LogP) is 3.98. The van der Waals surface area contributed by atoms with E-state index in [-0.39, 0.29) is 5.63 Å². The lowest BCUT2D eigenvalue weighted by atomic mass is 10.1. The molecule has 0 fully saturated rings. The molecule has 2 heterocycles. The van der Waals surface area contributed by atoms with Gasteiger partial charge in [0.2, 0.25) is 5.16 Å². The molecule has 0 aliphatic rings. The van der Waals surface area contributed by atoms with Crippen molar-refractivity contribution in [2.24, 2.45) is 0 Å². The minimum absolute atomic E-state index is 0.360. The van der Waals surface area contributed by atoms with Crippen molar-refractivity contribution in [2.75, 3.05) is 0 Å². The largest absolute Gasteiger partial charge is 0.423 e. The van der Waals surface area contributed by atoms with E-state index in [2.05, 4.69) is 15.2 Å². The van der Waals surface area contributed by atoms with Gasteiger partial charge < -0.3 is 4.42 Å². The first-order chi connectivity index (χ1) is 11.1. The summed E-state index contributed by atoms with van der Waals surface area (Å²) in [4.78, 5) is 16.2. The van der Waals surface area contributed by atoms with Crippen molar-refractivity contribution < 1.29 is 4.42 Å². The van der Waals surface area contributed by atoms with Crippen molar-refractivity contribution in [3.05, 3.63) is 50.6 Å². The van der Waals surface area contributed by atoms with Crippen LogP contribution in [0.25, 0.3) is 11.0 Å². The zero-order chi connectivity index (χ0) is 16.4. The van der Waals surface area contributed by atoms with E-state index in [0.29, 0.717) is 21.5 Å². The number of nitrogens with one attached hydrogen (secondary N) is 1. The first-order valence-corrected chi connectivity index (χ1v) is 8.76. The summed E-state index contributed by atoms with van der Waals surface area (Å²) in [5.74, 6) is 1.42. The van der Waals surface area contributed by atoms with Crippen LogP contribution in [0, 0.1) is 0 Å². The highest BCUT2D eigenvalue weighted by molar-refractivity contribution is 7.98. The molecule has 0 saturated heterocycles. The van der Waals surface area contributed by atoms with Crippen LogP contribution in [0.2, 0.25) is 5.02 Å². The fourth-order valence-corrected chi connectivity index (χ4v) is 3.43. The summed E-state index contributed by atoms with van der Waals surface area (Å²) in [6.07, 6.45) is 1.59. The smallest absolute Gasteiger partial charge is 0.336 e. The normalized spacial score (nSPS) is 11.3. The van der Waals surface area contributed by atoms with Gasteiger partial charge in [-0.25, -0.2) is 9.78 Å². The molecule has 1 N–H and O–H groups in total. The van der Waals surface area contributed by atoms with Gasteiger partial charge in [0.25, 0.3) is 0 Å². The Morgan fingerprint density at radius 3 is 2.74 bits per heavy atom. The molecule has 1 aromatic carbocycles. The van der Waals surface area contributed by atoms with Gasteiger partial charge in [0.1, 0.15) is 11.4 Å². The van der Waals surface area contributed by atoms with E-state index < -0.39 is 0 Å². The SMILES string of the molecule is CCc1nc(SCc2cc(=O)oc3cc(CC)c(Cl)cc23)n[nH]1. The number of rotatable bonds is 5. The Hall–Kier alpha value is -1.79. The van der Waals surface area contributed by atoms with Crippen molar-refractivity contribution >= 4 is 34.3 Å². The van der Waals surface area contributed by atoms with E-state index in [1.807, 2.05) is 26.0 Å². The molecule has 0 atom stereocenters. The highest BCUT2D eigenvalue weighted by Gasteiger charge is 2.11. The summed E-state index contributed by atoms with van der Waals surface area (Å²) in [6.45, 7) is 4.03. The van der Waals surface area contributed by atoms with E-state index in [9.17, 15) is 4.79 Å². The monoisotopic (exact) mass is 349 g/mol. The number of fused-ring (bicyclic) bond motifs is 1. The van der Waals surface area contributed by atoms with Gasteiger partial charge in [-0.05, 0) is 29.7 Å². The molecule has 23 heavy (non-hydrogen) atoms. The third-order valence-electron chi connectivity index (χ3n) is 3.58. The number of thioether (sulfide) groups is 1. The maximum absolute atomic E-state index is 11.8. The zero-order valence-electron chi connectivity index (χ0n) is 12.9. The second kappa shape index (κ2) is 6.76. The van der Waals surface area contributed by atoms with E-state index in [1.54, 1.807) is 0 Å². The van der Waals surface area contributed by atoms with Gasteiger partial charge in [-0.1, -0.05) is 37.2 Å². The second-order valence-electron chi connectivity index (χ2n) is 5.09. The molecular formula is C16H16ClN3O2S. The second-order valence-corrected chi connectivity index (χ2v) is 6.44. The molecule has 0 unspecified atom stereocenters. The van der Waals surface area contributed by atoms with Gasteiger partial charge in [0.05, 0.1) is 0 Å². The number of aromatic amines is 1. The topological polar surface area (TPSA) is 71.8 Å². The highest BCUT2D eigenvalue weighted by atomic mass is 35.5. The maximum Gasteiger partial charge on any atom is 0.336 e. The van der Waals surface area contributed by atoms with E-state index in [0.717, 1.165) is 35.2 Å². The van der Waals surface area contributed by atoms with Gasteiger partial charge in [0, 0.05) is 28.6 Å². The van der Waals surface area contributed by atoms with Crippen LogP contribution in [0.1, 0.15) is 30.8 Å². The van der Waals surface area contributed by atoms with Crippen molar-refractivity contribution in [3.8, 4) is 0 Å². The molecule has 0 amide bonds. The summed E-state index contributed by atoms with van der Waals surface area (Å²) < 4.78 is 5.31. The summed E-state index contributed by atoms with van der Waals surface area (Å²) in [5.41, 5.74) is 2.04. The van der Waals surface area contributed by atoms with E-state index in [1.165, 1.54) is 17.8 Å². The molecule has 3 aromatic rings. The Morgan fingerprint density at radius 2 is 2.04 bits per heavy atom. The van der Waals surface area contributed by atoms with Crippen LogP contribution in [-0.2, 0) is 18.6 Å². The molecule has 0 spiro atoms. The molecule has 120 valence electrons. The zero-order valence-corrected chi connectivity index (χ0v) is 14.4. The molecule has 0 aliphatic carbocycles. The van der Waals surface area contributed by atoms with Crippen LogP contribution < -0.4 is 5.63 Å². The Morgan fingerprint density at radius 1 is 1.22 bits per heavy atom. The Labute approximate surface area is 142 Å². The van der Waals surface area contributed by atoms with Crippen LogP contribution in [-0.4, -0.2) is 15.2 Å². The van der Waals surface area contributed by atoms with Gasteiger partial charge in [0.15, 0.2) is 0 Å². The number of H-pyrrole nitrogens is 1. The average Bonchev–Trinajstić information content (AvgIpc) is 3.00. The lowest BCUT2D eigenvalue weighted by Gasteiger charge is -2.07. The molecule has 0 radical (unpaired) electrons. The van der Waals surface area contributed by atoms with E-state index in [4.69, 9.17) is 16.0 Å². The minimum atomic E-state index is -0.360. The van der Waals surface area contributed by atoms with Crippen molar-refractivity contribution in [3.63, 3.8) is 0 Å². The molecule has 7 heteroatoms.